The van der Waals surface area contributed by atoms with Crippen LogP contribution in [-0.4, -0.2) is 48.3 Å². The number of benzene rings is 1. The Balaban J connectivity index is 1.89. The van der Waals surface area contributed by atoms with Gasteiger partial charge in [-0.1, -0.05) is 26.8 Å². The topological polar surface area (TPSA) is 125 Å². The summed E-state index contributed by atoms with van der Waals surface area (Å²) < 4.78 is 40.1. The predicted octanol–water partition coefficient (Wildman–Crippen LogP) is 2.15. The van der Waals surface area contributed by atoms with Crippen molar-refractivity contribution in [3.63, 3.8) is 0 Å². The molecule has 0 unspecified atom stereocenters. The first-order valence-corrected chi connectivity index (χ1v) is 11.2. The van der Waals surface area contributed by atoms with E-state index < -0.39 is 15.9 Å². The quantitative estimate of drug-likeness (QED) is 0.570. The third-order valence-electron chi connectivity index (χ3n) is 4.66. The van der Waals surface area contributed by atoms with E-state index in [9.17, 15) is 13.2 Å². The fourth-order valence-electron chi connectivity index (χ4n) is 2.93. The number of hydrogen-bond acceptors (Lipinski definition) is 8. The van der Waals surface area contributed by atoms with Crippen molar-refractivity contribution >= 4 is 15.9 Å². The average molecular weight is 460 g/mol. The summed E-state index contributed by atoms with van der Waals surface area (Å²) >= 11 is 0. The van der Waals surface area contributed by atoms with Gasteiger partial charge in [0.15, 0.2) is 0 Å². The van der Waals surface area contributed by atoms with Gasteiger partial charge in [0.2, 0.25) is 11.7 Å². The van der Waals surface area contributed by atoms with Crippen LogP contribution in [0.15, 0.2) is 47.8 Å². The van der Waals surface area contributed by atoms with Gasteiger partial charge >= 0.3 is 5.91 Å². The maximum atomic E-state index is 13.0. The lowest BCUT2D eigenvalue weighted by Gasteiger charge is -2.21. The monoisotopic (exact) mass is 459 g/mol. The second-order valence-electron chi connectivity index (χ2n) is 7.98. The number of carbonyl (C=O) groups excluding carboxylic acids is 1. The summed E-state index contributed by atoms with van der Waals surface area (Å²) in [7, 11) is -1.50. The van der Waals surface area contributed by atoms with Crippen LogP contribution in [-0.2, 0) is 22.0 Å². The molecule has 3 aromatic rings. The minimum Gasteiger partial charge on any atom is -0.495 e. The van der Waals surface area contributed by atoms with Crippen molar-refractivity contribution in [1.82, 2.24) is 24.5 Å². The number of aromatic nitrogens is 4. The van der Waals surface area contributed by atoms with E-state index in [2.05, 4.69) is 15.1 Å². The number of nitrogens with zero attached hydrogens (tertiary/aromatic N) is 4. The third-order valence-corrected chi connectivity index (χ3v) is 6.01. The minimum absolute atomic E-state index is 0.117. The summed E-state index contributed by atoms with van der Waals surface area (Å²) in [6.45, 7) is 6.19. The molecule has 0 aliphatic heterocycles. The summed E-state index contributed by atoms with van der Waals surface area (Å²) in [5.74, 6) is -1.07. The maximum absolute atomic E-state index is 13.0. The van der Waals surface area contributed by atoms with E-state index in [-0.39, 0.29) is 27.8 Å². The zero-order chi connectivity index (χ0) is 23.5. The van der Waals surface area contributed by atoms with Crippen LogP contribution in [0, 0.1) is 0 Å². The highest BCUT2D eigenvalue weighted by Crippen LogP contribution is 2.30. The molecule has 11 heteroatoms. The van der Waals surface area contributed by atoms with Crippen LogP contribution in [0.1, 0.15) is 42.5 Å². The van der Waals surface area contributed by atoms with Gasteiger partial charge in [-0.05, 0) is 29.2 Å². The van der Waals surface area contributed by atoms with Crippen molar-refractivity contribution in [2.45, 2.75) is 37.6 Å². The molecule has 0 fully saturated rings. The lowest BCUT2D eigenvalue weighted by Crippen LogP contribution is -2.32. The largest absolute Gasteiger partial charge is 0.495 e. The normalized spacial score (nSPS) is 11.8. The second kappa shape index (κ2) is 8.95. The number of amides is 1. The van der Waals surface area contributed by atoms with Crippen molar-refractivity contribution in [1.29, 1.82) is 0 Å². The molecular formula is C21H25N5O5S. The Morgan fingerprint density at radius 3 is 2.53 bits per heavy atom. The zero-order valence-corrected chi connectivity index (χ0v) is 19.3. The molecule has 1 amide bonds. The molecule has 32 heavy (non-hydrogen) atoms. The van der Waals surface area contributed by atoms with Gasteiger partial charge in [-0.2, -0.15) is 10.1 Å². The lowest BCUT2D eigenvalue weighted by atomic mass is 9.87. The van der Waals surface area contributed by atoms with Crippen molar-refractivity contribution in [2.24, 2.45) is 0 Å². The molecule has 0 radical (unpaired) electrons. The first kappa shape index (κ1) is 23.2. The molecule has 10 nitrogen and oxygen atoms in total. The minimum atomic E-state index is -4.26. The van der Waals surface area contributed by atoms with E-state index in [1.165, 1.54) is 26.5 Å². The molecule has 2 aromatic heterocycles. The first-order valence-electron chi connectivity index (χ1n) is 9.68. The van der Waals surface area contributed by atoms with E-state index in [1.54, 1.807) is 35.3 Å². The van der Waals surface area contributed by atoms with Gasteiger partial charge in [0.25, 0.3) is 10.0 Å². The van der Waals surface area contributed by atoms with Crippen molar-refractivity contribution < 1.29 is 22.7 Å². The molecule has 0 saturated carbocycles. The number of ether oxygens (including phenoxy) is 2. The Morgan fingerprint density at radius 1 is 1.19 bits per heavy atom. The summed E-state index contributed by atoms with van der Waals surface area (Å²) in [5, 5.41) is 4.10. The van der Waals surface area contributed by atoms with E-state index >= 15 is 0 Å². The van der Waals surface area contributed by atoms with Gasteiger partial charge < -0.3 is 9.47 Å². The molecule has 0 aliphatic carbocycles. The molecule has 0 spiro atoms. The summed E-state index contributed by atoms with van der Waals surface area (Å²) in [6.07, 6.45) is 4.78. The Hall–Kier alpha value is -3.47. The van der Waals surface area contributed by atoms with E-state index in [1.807, 2.05) is 25.5 Å². The SMILES string of the molecule is COc1ccc(C(C)(C)C)cc1S(=O)(=O)NC(=O)c1ncc(Cn2cccn2)c(OC)n1. The summed E-state index contributed by atoms with van der Waals surface area (Å²) in [4.78, 5) is 20.6. The Morgan fingerprint density at radius 2 is 1.94 bits per heavy atom. The number of carbonyl (C=O) groups is 1. The van der Waals surface area contributed by atoms with Crippen molar-refractivity contribution in [3.05, 3.63) is 59.8 Å². The number of sulfonamides is 1. The Kier molecular flexibility index (Phi) is 6.49. The molecule has 0 atom stereocenters. The molecule has 0 saturated heterocycles. The van der Waals surface area contributed by atoms with Gasteiger partial charge in [-0.15, -0.1) is 0 Å². The van der Waals surface area contributed by atoms with Crippen LogP contribution in [0.2, 0.25) is 0 Å². The van der Waals surface area contributed by atoms with Gasteiger partial charge in [0.05, 0.1) is 26.3 Å². The average Bonchev–Trinajstić information content (AvgIpc) is 3.25. The van der Waals surface area contributed by atoms with Crippen LogP contribution in [0.4, 0.5) is 0 Å². The van der Waals surface area contributed by atoms with Crippen LogP contribution < -0.4 is 14.2 Å². The predicted molar refractivity (Wildman–Crippen MR) is 116 cm³/mol. The summed E-state index contributed by atoms with van der Waals surface area (Å²) in [6, 6.07) is 6.60. The number of nitrogens with one attached hydrogen (secondary N) is 1. The Labute approximate surface area is 186 Å². The van der Waals surface area contributed by atoms with E-state index in [0.29, 0.717) is 12.1 Å². The molecule has 3 rings (SSSR count). The first-order chi connectivity index (χ1) is 15.0. The second-order valence-corrected chi connectivity index (χ2v) is 9.63. The van der Waals surface area contributed by atoms with Gasteiger partial charge in [-0.3, -0.25) is 9.48 Å². The molecule has 1 N–H and O–H groups in total. The molecule has 170 valence electrons. The molecule has 2 heterocycles. The smallest absolute Gasteiger partial charge is 0.302 e. The molecular weight excluding hydrogens is 434 g/mol. The Bertz CT molecular complexity index is 1220. The fourth-order valence-corrected chi connectivity index (χ4v) is 4.07. The van der Waals surface area contributed by atoms with Gasteiger partial charge in [0, 0.05) is 18.6 Å². The lowest BCUT2D eigenvalue weighted by molar-refractivity contribution is 0.0970. The van der Waals surface area contributed by atoms with Crippen molar-refractivity contribution in [3.8, 4) is 11.6 Å². The number of methoxy groups -OCH3 is 2. The van der Waals surface area contributed by atoms with Crippen LogP contribution in [0.5, 0.6) is 11.6 Å². The molecule has 0 aliphatic rings. The fraction of sp³-hybridized carbons (Fsp3) is 0.333. The number of rotatable bonds is 7. The van der Waals surface area contributed by atoms with Crippen LogP contribution in [0.3, 0.4) is 0 Å². The van der Waals surface area contributed by atoms with Crippen molar-refractivity contribution in [2.75, 3.05) is 14.2 Å². The highest BCUT2D eigenvalue weighted by Gasteiger charge is 2.27. The van der Waals surface area contributed by atoms with Gasteiger partial charge in [0.1, 0.15) is 10.6 Å². The maximum Gasteiger partial charge on any atom is 0.302 e. The van der Waals surface area contributed by atoms with E-state index in [4.69, 9.17) is 9.47 Å². The summed E-state index contributed by atoms with van der Waals surface area (Å²) in [5.41, 5.74) is 1.05. The molecule has 1 aromatic carbocycles. The standard InChI is InChI=1S/C21H25N5O5S/c1-21(2,3)15-7-8-16(30-4)17(11-15)32(28,29)25-19(27)18-22-12-14(20(24-18)31-5)13-26-10-6-9-23-26/h6-12H,13H2,1-5H3,(H,25,27). The third kappa shape index (κ3) is 5.05. The van der Waals surface area contributed by atoms with Gasteiger partial charge in [-0.25, -0.2) is 18.1 Å². The highest BCUT2D eigenvalue weighted by atomic mass is 32.2. The highest BCUT2D eigenvalue weighted by molar-refractivity contribution is 7.90. The van der Waals surface area contributed by atoms with E-state index in [0.717, 1.165) is 5.56 Å². The van der Waals surface area contributed by atoms with Crippen LogP contribution >= 0.6 is 0 Å². The molecule has 0 bridgehead atoms. The zero-order valence-electron chi connectivity index (χ0n) is 18.5. The number of hydrogen-bond donors (Lipinski definition) is 1. The van der Waals surface area contributed by atoms with Crippen LogP contribution in [0.25, 0.3) is 0 Å².